The standard InChI is InChI=1S/C18H17N6.Ru/c1-12-9-20-17(7-16(12)23-15-4-2-3-5-15)24-18-14(11-22-24)6-13(8-19)10-21-18;/h6-7,9-11,15H,1-5H2,(H,20,23);/q-1;+1. The smallest absolute Gasteiger partial charge is 0.433 e. The summed E-state index contributed by atoms with van der Waals surface area (Å²) >= 11 is 0. The van der Waals surface area contributed by atoms with Gasteiger partial charge in [-0.3, -0.25) is 0 Å². The quantitative estimate of drug-likeness (QED) is 0.522. The summed E-state index contributed by atoms with van der Waals surface area (Å²) in [5.41, 5.74) is 3.07. The molecule has 0 atom stereocenters. The molecule has 1 aliphatic rings. The van der Waals surface area contributed by atoms with Crippen molar-refractivity contribution in [3.05, 3.63) is 48.8 Å². The van der Waals surface area contributed by atoms with E-state index in [1.165, 1.54) is 25.7 Å². The Morgan fingerprint density at radius 1 is 1.16 bits per heavy atom. The molecule has 1 fully saturated rings. The number of rotatable bonds is 3. The van der Waals surface area contributed by atoms with Gasteiger partial charge in [-0.05, 0) is 18.9 Å². The zero-order chi connectivity index (χ0) is 16.5. The minimum absolute atomic E-state index is 0. The van der Waals surface area contributed by atoms with E-state index in [1.807, 2.05) is 6.07 Å². The summed E-state index contributed by atoms with van der Waals surface area (Å²) < 4.78 is 1.69. The largest absolute Gasteiger partial charge is 1.00 e. The van der Waals surface area contributed by atoms with Gasteiger partial charge in [-0.25, -0.2) is 4.98 Å². The van der Waals surface area contributed by atoms with Crippen LogP contribution in [0.25, 0.3) is 16.9 Å². The summed E-state index contributed by atoms with van der Waals surface area (Å²) in [6, 6.07) is 6.34. The van der Waals surface area contributed by atoms with Crippen molar-refractivity contribution in [1.29, 1.82) is 5.26 Å². The van der Waals surface area contributed by atoms with Crippen LogP contribution in [0.1, 0.15) is 36.8 Å². The maximum absolute atomic E-state index is 8.98. The molecular weight excluding hydrogens is 401 g/mol. The van der Waals surface area contributed by atoms with Gasteiger partial charge in [-0.15, -0.1) is 0 Å². The van der Waals surface area contributed by atoms with Gasteiger partial charge in [0.05, 0.1) is 11.8 Å². The van der Waals surface area contributed by atoms with Crippen LogP contribution in [0.4, 0.5) is 5.69 Å². The van der Waals surface area contributed by atoms with Gasteiger partial charge in [0.15, 0.2) is 5.65 Å². The molecule has 1 saturated carbocycles. The first-order chi connectivity index (χ1) is 11.7. The molecule has 0 bridgehead atoms. The average Bonchev–Trinajstić information content (AvgIpc) is 3.25. The first-order valence-corrected chi connectivity index (χ1v) is 8.07. The molecule has 127 valence electrons. The fourth-order valence-corrected chi connectivity index (χ4v) is 3.16. The number of nitriles is 1. The predicted octanol–water partition coefficient (Wildman–Crippen LogP) is 3.22. The summed E-state index contributed by atoms with van der Waals surface area (Å²) in [6.07, 6.45) is 9.94. The fourth-order valence-electron chi connectivity index (χ4n) is 3.16. The first-order valence-electron chi connectivity index (χ1n) is 8.07. The molecule has 6 nitrogen and oxygen atoms in total. The zero-order valence-corrected chi connectivity index (χ0v) is 15.3. The first kappa shape index (κ1) is 17.4. The molecule has 0 unspecified atom stereocenters. The molecule has 0 amide bonds. The Morgan fingerprint density at radius 3 is 2.72 bits per heavy atom. The molecule has 3 aromatic rings. The van der Waals surface area contributed by atoms with Gasteiger partial charge in [-0.2, -0.15) is 27.5 Å². The Kier molecular flexibility index (Phi) is 5.01. The van der Waals surface area contributed by atoms with Crippen molar-refractivity contribution in [2.75, 3.05) is 5.32 Å². The van der Waals surface area contributed by atoms with Crippen molar-refractivity contribution in [2.45, 2.75) is 31.7 Å². The van der Waals surface area contributed by atoms with Gasteiger partial charge in [-0.1, -0.05) is 30.8 Å². The molecule has 1 aliphatic carbocycles. The number of nitrogens with zero attached hydrogens (tertiary/aromatic N) is 5. The molecule has 0 aliphatic heterocycles. The second-order valence-corrected chi connectivity index (χ2v) is 6.13. The topological polar surface area (TPSA) is 79.4 Å². The molecule has 3 aromatic heterocycles. The number of hydrogen-bond acceptors (Lipinski definition) is 5. The van der Waals surface area contributed by atoms with Crippen molar-refractivity contribution in [1.82, 2.24) is 19.7 Å². The van der Waals surface area contributed by atoms with E-state index in [9.17, 15) is 0 Å². The number of hydrogen-bond donors (Lipinski definition) is 1. The molecule has 25 heavy (non-hydrogen) atoms. The van der Waals surface area contributed by atoms with Gasteiger partial charge >= 0.3 is 19.5 Å². The van der Waals surface area contributed by atoms with E-state index in [-0.39, 0.29) is 19.5 Å². The molecule has 1 radical (unpaired) electrons. The number of anilines is 1. The summed E-state index contributed by atoms with van der Waals surface area (Å²) in [5, 5.41) is 17.7. The van der Waals surface area contributed by atoms with Gasteiger partial charge < -0.3 is 10.3 Å². The maximum atomic E-state index is 8.98. The average molecular weight is 418 g/mol. The van der Waals surface area contributed by atoms with Crippen molar-refractivity contribution in [2.24, 2.45) is 0 Å². The molecule has 3 heterocycles. The summed E-state index contributed by atoms with van der Waals surface area (Å²) in [6.45, 7) is 4.06. The van der Waals surface area contributed by atoms with Crippen LogP contribution in [-0.4, -0.2) is 25.8 Å². The number of nitrogens with one attached hydrogen (secondary N) is 1. The Labute approximate surface area is 159 Å². The fraction of sp³-hybridized carbons (Fsp3) is 0.278. The van der Waals surface area contributed by atoms with E-state index in [1.54, 1.807) is 29.3 Å². The van der Waals surface area contributed by atoms with Gasteiger partial charge in [0.1, 0.15) is 11.9 Å². The molecule has 4 rings (SSSR count). The Balaban J connectivity index is 0.00000182. The summed E-state index contributed by atoms with van der Waals surface area (Å²) in [5.74, 6) is 0.690. The van der Waals surface area contributed by atoms with Crippen molar-refractivity contribution in [3.8, 4) is 11.9 Å². The minimum Gasteiger partial charge on any atom is -0.433 e. The monoisotopic (exact) mass is 419 g/mol. The summed E-state index contributed by atoms with van der Waals surface area (Å²) in [7, 11) is 0. The van der Waals surface area contributed by atoms with Crippen LogP contribution < -0.4 is 5.32 Å². The van der Waals surface area contributed by atoms with Crippen molar-refractivity contribution >= 4 is 16.7 Å². The molecule has 0 saturated heterocycles. The van der Waals surface area contributed by atoms with Crippen LogP contribution >= 0.6 is 0 Å². The van der Waals surface area contributed by atoms with Crippen LogP contribution in [0.3, 0.4) is 0 Å². The summed E-state index contributed by atoms with van der Waals surface area (Å²) in [4.78, 5) is 8.79. The van der Waals surface area contributed by atoms with Crippen molar-refractivity contribution < 1.29 is 19.5 Å². The van der Waals surface area contributed by atoms with E-state index in [2.05, 4.69) is 33.4 Å². The third-order valence-electron chi connectivity index (χ3n) is 4.44. The van der Waals surface area contributed by atoms with Crippen LogP contribution in [0.15, 0.2) is 30.7 Å². The molecule has 1 N–H and O–H groups in total. The maximum Gasteiger partial charge on any atom is 1.00 e. The second-order valence-electron chi connectivity index (χ2n) is 6.13. The van der Waals surface area contributed by atoms with Gasteiger partial charge in [0, 0.05) is 17.6 Å². The number of aromatic nitrogens is 4. The Morgan fingerprint density at radius 2 is 1.96 bits per heavy atom. The minimum atomic E-state index is 0. The predicted molar refractivity (Wildman–Crippen MR) is 91.7 cm³/mol. The van der Waals surface area contributed by atoms with Gasteiger partial charge in [0.25, 0.3) is 0 Å². The Bertz CT molecular complexity index is 936. The third kappa shape index (κ3) is 3.36. The van der Waals surface area contributed by atoms with E-state index in [0.717, 1.165) is 16.6 Å². The van der Waals surface area contributed by atoms with E-state index in [0.29, 0.717) is 23.1 Å². The molecular formula is C18H17N6Ru. The van der Waals surface area contributed by atoms with Crippen LogP contribution in [0.2, 0.25) is 0 Å². The molecule has 7 heteroatoms. The molecule has 0 aromatic carbocycles. The number of pyridine rings is 2. The SMILES string of the molecule is [CH2-]c1cnc(-n2ncc3cc(C#N)cnc32)cc1NC1CCCC1.[Ru+]. The second kappa shape index (κ2) is 7.20. The van der Waals surface area contributed by atoms with E-state index >= 15 is 0 Å². The normalized spacial score (nSPS) is 14.2. The third-order valence-corrected chi connectivity index (χ3v) is 4.44. The van der Waals surface area contributed by atoms with E-state index < -0.39 is 0 Å². The van der Waals surface area contributed by atoms with Gasteiger partial charge in [0.2, 0.25) is 0 Å². The van der Waals surface area contributed by atoms with Crippen molar-refractivity contribution in [3.63, 3.8) is 0 Å². The molecule has 0 spiro atoms. The van der Waals surface area contributed by atoms with E-state index in [4.69, 9.17) is 5.26 Å². The van der Waals surface area contributed by atoms with Crippen LogP contribution in [-0.2, 0) is 19.5 Å². The van der Waals surface area contributed by atoms with Crippen LogP contribution in [0, 0.1) is 18.3 Å². The number of fused-ring (bicyclic) bond motifs is 1. The van der Waals surface area contributed by atoms with Crippen LogP contribution in [0.5, 0.6) is 0 Å². The Hall–Kier alpha value is -2.45. The zero-order valence-electron chi connectivity index (χ0n) is 13.6.